The van der Waals surface area contributed by atoms with Gasteiger partial charge < -0.3 is 20.6 Å². The number of rotatable bonds is 4. The third-order valence-corrected chi connectivity index (χ3v) is 7.56. The first-order valence-corrected chi connectivity index (χ1v) is 11.9. The molecule has 0 aliphatic carbocycles. The molecule has 5 rings (SSSR count). The van der Waals surface area contributed by atoms with Gasteiger partial charge >= 0.3 is 0 Å². The van der Waals surface area contributed by atoms with Crippen LogP contribution in [0.1, 0.15) is 56.4 Å². The van der Waals surface area contributed by atoms with Crippen LogP contribution < -0.4 is 15.5 Å². The van der Waals surface area contributed by atoms with E-state index in [2.05, 4.69) is 51.6 Å². The Morgan fingerprint density at radius 2 is 1.85 bits per heavy atom. The number of aromatic nitrogens is 3. The number of anilines is 1. The number of hydrogen-bond donors (Lipinski definition) is 3. The first-order valence-electron chi connectivity index (χ1n) is 11.9. The minimum absolute atomic E-state index is 0.0870. The Hall–Kier alpha value is -3.26. The molecule has 8 heteroatoms. The van der Waals surface area contributed by atoms with Crippen LogP contribution in [0.15, 0.2) is 36.5 Å². The first-order chi connectivity index (χ1) is 16.2. The van der Waals surface area contributed by atoms with Gasteiger partial charge in [0.05, 0.1) is 5.69 Å². The Bertz CT molecular complexity index is 1230. The van der Waals surface area contributed by atoms with Crippen molar-refractivity contribution in [2.75, 3.05) is 19.0 Å². The van der Waals surface area contributed by atoms with Crippen LogP contribution >= 0.6 is 0 Å². The maximum absolute atomic E-state index is 11.9. The number of nitrogens with zero attached hydrogens (tertiary/aromatic N) is 4. The normalized spacial score (nSPS) is 26.3. The molecular weight excluding hydrogens is 428 g/mol. The number of nitrogens with one attached hydrogen (secondary N) is 2. The lowest BCUT2D eigenvalue weighted by Crippen LogP contribution is -2.66. The van der Waals surface area contributed by atoms with Crippen LogP contribution in [0.4, 0.5) is 5.82 Å². The van der Waals surface area contributed by atoms with Gasteiger partial charge in [0.2, 0.25) is 0 Å². The molecule has 2 aliphatic rings. The lowest BCUT2D eigenvalue weighted by molar-refractivity contribution is 0.0784. The summed E-state index contributed by atoms with van der Waals surface area (Å²) in [4.78, 5) is 18.3. The molecule has 2 bridgehead atoms. The highest BCUT2D eigenvalue weighted by Crippen LogP contribution is 2.42. The zero-order valence-electron chi connectivity index (χ0n) is 20.2. The number of phenolic OH excluding ortho intramolecular Hbond substituents is 1. The number of carbonyl (C=O) groups excluding carboxylic acids is 1. The number of pyridine rings is 1. The Labute approximate surface area is 199 Å². The van der Waals surface area contributed by atoms with Crippen LogP contribution in [-0.4, -0.2) is 57.4 Å². The van der Waals surface area contributed by atoms with Crippen LogP contribution in [0.2, 0.25) is 0 Å². The van der Waals surface area contributed by atoms with Crippen molar-refractivity contribution in [1.82, 2.24) is 25.8 Å². The van der Waals surface area contributed by atoms with Gasteiger partial charge in [0.25, 0.3) is 5.91 Å². The molecule has 2 aromatic heterocycles. The topological polar surface area (TPSA) is 103 Å². The van der Waals surface area contributed by atoms with Crippen molar-refractivity contribution in [1.29, 1.82) is 0 Å². The number of benzene rings is 1. The van der Waals surface area contributed by atoms with Gasteiger partial charge in [0, 0.05) is 48.4 Å². The van der Waals surface area contributed by atoms with E-state index in [-0.39, 0.29) is 22.7 Å². The maximum Gasteiger partial charge on any atom is 0.269 e. The molecule has 0 unspecified atom stereocenters. The molecule has 3 N–H and O–H groups in total. The monoisotopic (exact) mass is 460 g/mol. The van der Waals surface area contributed by atoms with Crippen LogP contribution in [0, 0.1) is 0 Å². The number of aromatic hydroxyl groups is 1. The van der Waals surface area contributed by atoms with Gasteiger partial charge in [0.1, 0.15) is 11.4 Å². The number of fused-ring (bicyclic) bond motifs is 3. The fourth-order valence-corrected chi connectivity index (χ4v) is 5.90. The summed E-state index contributed by atoms with van der Waals surface area (Å²) in [6.45, 7) is 4.68. The summed E-state index contributed by atoms with van der Waals surface area (Å²) in [6.07, 6.45) is 7.49. The van der Waals surface area contributed by atoms with Crippen LogP contribution in [-0.2, 0) is 0 Å². The molecule has 2 aliphatic heterocycles. The van der Waals surface area contributed by atoms with E-state index in [1.54, 1.807) is 25.4 Å². The SMILES string of the molecule is CNC(=O)c1cc2cc(O)c(-c3ccc(N(C)[C@@H]4C[C@]5(C)CCC[C@](C)(C4)N5)nn3)cc2cn1. The average Bonchev–Trinajstić information content (AvgIpc) is 2.81. The molecule has 3 aromatic rings. The minimum Gasteiger partial charge on any atom is -0.507 e. The van der Waals surface area contributed by atoms with E-state index in [0.717, 1.165) is 29.4 Å². The van der Waals surface area contributed by atoms with Gasteiger partial charge in [-0.1, -0.05) is 0 Å². The second-order valence-corrected chi connectivity index (χ2v) is 10.4. The molecule has 0 radical (unpaired) electrons. The summed E-state index contributed by atoms with van der Waals surface area (Å²) in [5.74, 6) is 0.651. The standard InChI is InChI=1S/C26H32N6O2/c1-25-8-5-9-26(2,31-25)14-18(13-25)32(4)23-7-6-20(29-30-23)19-10-17-15-28-21(24(34)27-3)11-16(17)12-22(19)33/h6-7,10-12,15,18,31,33H,5,8-9,13-14H2,1-4H3,(H,27,34)/t18-,25+,26-. The van der Waals surface area contributed by atoms with Gasteiger partial charge in [-0.05, 0) is 81.7 Å². The van der Waals surface area contributed by atoms with Gasteiger partial charge in [-0.15, -0.1) is 10.2 Å². The van der Waals surface area contributed by atoms with Crippen molar-refractivity contribution in [2.45, 2.75) is 63.1 Å². The van der Waals surface area contributed by atoms with Gasteiger partial charge in [-0.2, -0.15) is 0 Å². The molecule has 4 heterocycles. The van der Waals surface area contributed by atoms with E-state index in [1.165, 1.54) is 19.3 Å². The van der Waals surface area contributed by atoms with Crippen molar-refractivity contribution in [3.63, 3.8) is 0 Å². The van der Waals surface area contributed by atoms with Gasteiger partial charge in [-0.3, -0.25) is 9.78 Å². The van der Waals surface area contributed by atoms with E-state index in [4.69, 9.17) is 0 Å². The molecule has 34 heavy (non-hydrogen) atoms. The van der Waals surface area contributed by atoms with Crippen molar-refractivity contribution < 1.29 is 9.90 Å². The van der Waals surface area contributed by atoms with E-state index >= 15 is 0 Å². The van der Waals surface area contributed by atoms with Gasteiger partial charge in [-0.25, -0.2) is 0 Å². The molecule has 178 valence electrons. The Morgan fingerprint density at radius 3 is 2.50 bits per heavy atom. The second-order valence-electron chi connectivity index (χ2n) is 10.4. The third-order valence-electron chi connectivity index (χ3n) is 7.56. The molecule has 1 amide bonds. The maximum atomic E-state index is 11.9. The van der Waals surface area contributed by atoms with Gasteiger partial charge in [0.15, 0.2) is 5.82 Å². The number of hydrogen-bond acceptors (Lipinski definition) is 7. The molecule has 0 saturated carbocycles. The van der Waals surface area contributed by atoms with E-state index < -0.39 is 0 Å². The predicted molar refractivity (Wildman–Crippen MR) is 133 cm³/mol. The second kappa shape index (κ2) is 8.20. The van der Waals surface area contributed by atoms with Crippen molar-refractivity contribution in [3.05, 3.63) is 42.2 Å². The number of phenols is 1. The largest absolute Gasteiger partial charge is 0.507 e. The van der Waals surface area contributed by atoms with Crippen molar-refractivity contribution >= 4 is 22.5 Å². The fourth-order valence-electron chi connectivity index (χ4n) is 5.90. The smallest absolute Gasteiger partial charge is 0.269 e. The third kappa shape index (κ3) is 4.07. The van der Waals surface area contributed by atoms with E-state index in [0.29, 0.717) is 23.0 Å². The lowest BCUT2D eigenvalue weighted by atomic mass is 9.69. The quantitative estimate of drug-likeness (QED) is 0.546. The van der Waals surface area contributed by atoms with Crippen molar-refractivity contribution in [3.8, 4) is 17.0 Å². The number of carbonyl (C=O) groups is 1. The Balaban J connectivity index is 1.39. The van der Waals surface area contributed by atoms with E-state index in [1.807, 2.05) is 18.2 Å². The Morgan fingerprint density at radius 1 is 1.12 bits per heavy atom. The van der Waals surface area contributed by atoms with Crippen LogP contribution in [0.5, 0.6) is 5.75 Å². The zero-order chi connectivity index (χ0) is 24.1. The van der Waals surface area contributed by atoms with Crippen LogP contribution in [0.3, 0.4) is 0 Å². The predicted octanol–water partition coefficient (Wildman–Crippen LogP) is 3.65. The fraction of sp³-hybridized carbons (Fsp3) is 0.462. The zero-order valence-corrected chi connectivity index (χ0v) is 20.2. The summed E-state index contributed by atoms with van der Waals surface area (Å²) < 4.78 is 0. The molecule has 2 fully saturated rings. The summed E-state index contributed by atoms with van der Waals surface area (Å²) in [5.41, 5.74) is 1.81. The van der Waals surface area contributed by atoms with E-state index in [9.17, 15) is 9.90 Å². The molecule has 0 spiro atoms. The molecule has 3 atom stereocenters. The summed E-state index contributed by atoms with van der Waals surface area (Å²) in [7, 11) is 3.66. The lowest BCUT2D eigenvalue weighted by Gasteiger charge is -2.55. The number of piperidine rings is 2. The first kappa shape index (κ1) is 22.5. The summed E-state index contributed by atoms with van der Waals surface area (Å²) in [6, 6.07) is 9.39. The Kier molecular flexibility index (Phi) is 5.43. The highest BCUT2D eigenvalue weighted by molar-refractivity contribution is 5.97. The highest BCUT2D eigenvalue weighted by atomic mass is 16.3. The summed E-state index contributed by atoms with van der Waals surface area (Å²) in [5, 5.41) is 27.6. The minimum atomic E-state index is -0.267. The average molecular weight is 461 g/mol. The molecule has 2 saturated heterocycles. The van der Waals surface area contributed by atoms with Crippen LogP contribution in [0.25, 0.3) is 22.0 Å². The number of amides is 1. The molecular formula is C26H32N6O2. The summed E-state index contributed by atoms with van der Waals surface area (Å²) >= 11 is 0. The van der Waals surface area contributed by atoms with Crippen molar-refractivity contribution in [2.24, 2.45) is 0 Å². The molecule has 1 aromatic carbocycles. The highest BCUT2D eigenvalue weighted by Gasteiger charge is 2.46. The molecule has 8 nitrogen and oxygen atoms in total.